The molecule has 1 N–H and O–H groups in total. The quantitative estimate of drug-likeness (QED) is 0.652. The second-order valence-corrected chi connectivity index (χ2v) is 6.64. The first-order valence-corrected chi connectivity index (χ1v) is 8.55. The first-order chi connectivity index (χ1) is 11.4. The van der Waals surface area contributed by atoms with Crippen molar-refractivity contribution in [3.63, 3.8) is 0 Å². The van der Waals surface area contributed by atoms with Crippen molar-refractivity contribution in [2.45, 2.75) is 33.8 Å². The zero-order valence-electron chi connectivity index (χ0n) is 14.3. The lowest BCUT2D eigenvalue weighted by Crippen LogP contribution is -2.29. The van der Waals surface area contributed by atoms with Gasteiger partial charge in [-0.3, -0.25) is 4.79 Å². The highest BCUT2D eigenvalue weighted by molar-refractivity contribution is 7.11. The van der Waals surface area contributed by atoms with Crippen LogP contribution in [-0.2, 0) is 14.3 Å². The van der Waals surface area contributed by atoms with Gasteiger partial charge in [-0.05, 0) is 62.4 Å². The van der Waals surface area contributed by atoms with Gasteiger partial charge in [0.1, 0.15) is 0 Å². The Kier molecular flexibility index (Phi) is 5.93. The molecule has 0 fully saturated rings. The van der Waals surface area contributed by atoms with Crippen LogP contribution >= 0.6 is 11.3 Å². The second-order valence-electron chi connectivity index (χ2n) is 5.69. The minimum atomic E-state index is -0.868. The maximum Gasteiger partial charge on any atom is 0.331 e. The van der Waals surface area contributed by atoms with Crippen molar-refractivity contribution in [2.24, 2.45) is 0 Å². The summed E-state index contributed by atoms with van der Waals surface area (Å²) in [5, 5.41) is 4.74. The van der Waals surface area contributed by atoms with Crippen LogP contribution in [0.2, 0.25) is 0 Å². The number of carbonyl (C=O) groups excluding carboxylic acids is 2. The van der Waals surface area contributed by atoms with E-state index in [1.165, 1.54) is 6.08 Å². The highest BCUT2D eigenvalue weighted by atomic mass is 32.1. The number of amides is 1. The number of hydrogen-bond donors (Lipinski definition) is 1. The molecule has 1 heterocycles. The molecule has 0 aliphatic carbocycles. The van der Waals surface area contributed by atoms with Gasteiger partial charge in [-0.25, -0.2) is 4.79 Å². The van der Waals surface area contributed by atoms with E-state index < -0.39 is 12.1 Å². The van der Waals surface area contributed by atoms with Gasteiger partial charge < -0.3 is 10.1 Å². The van der Waals surface area contributed by atoms with Crippen molar-refractivity contribution < 1.29 is 14.3 Å². The number of thiophene rings is 1. The summed E-state index contributed by atoms with van der Waals surface area (Å²) in [4.78, 5) is 25.0. The highest BCUT2D eigenvalue weighted by Crippen LogP contribution is 2.18. The molecule has 5 heteroatoms. The molecule has 0 unspecified atom stereocenters. The lowest BCUT2D eigenvalue weighted by Gasteiger charge is -2.14. The lowest BCUT2D eigenvalue weighted by molar-refractivity contribution is -0.148. The number of ether oxygens (including phenoxy) is 1. The van der Waals surface area contributed by atoms with Crippen molar-refractivity contribution in [3.8, 4) is 0 Å². The molecule has 1 atom stereocenters. The predicted octanol–water partition coefficient (Wildman–Crippen LogP) is 4.26. The van der Waals surface area contributed by atoms with E-state index in [4.69, 9.17) is 4.74 Å². The molecular weight excluding hydrogens is 322 g/mol. The Labute approximate surface area is 146 Å². The van der Waals surface area contributed by atoms with E-state index in [2.05, 4.69) is 5.32 Å². The smallest absolute Gasteiger partial charge is 0.331 e. The summed E-state index contributed by atoms with van der Waals surface area (Å²) >= 11 is 1.55. The minimum Gasteiger partial charge on any atom is -0.449 e. The topological polar surface area (TPSA) is 55.4 Å². The van der Waals surface area contributed by atoms with Crippen LogP contribution in [0, 0.1) is 20.8 Å². The first-order valence-electron chi connectivity index (χ1n) is 7.67. The standard InChI is InChI=1S/C19H21NO3S/c1-12-5-6-16(14(3)11-12)20-19(22)15(4)23-18(21)8-7-17-13(2)9-10-24-17/h5-11,15H,1-4H3,(H,20,22)/b8-7+/t15-/m1/s1. The summed E-state index contributed by atoms with van der Waals surface area (Å²) in [6.07, 6.45) is 2.18. The summed E-state index contributed by atoms with van der Waals surface area (Å²) in [7, 11) is 0. The van der Waals surface area contributed by atoms with Gasteiger partial charge in [-0.1, -0.05) is 17.7 Å². The Balaban J connectivity index is 1.92. The van der Waals surface area contributed by atoms with Crippen LogP contribution in [0.1, 0.15) is 28.5 Å². The molecule has 0 bridgehead atoms. The summed E-state index contributed by atoms with van der Waals surface area (Å²) in [6.45, 7) is 7.44. The van der Waals surface area contributed by atoms with E-state index in [1.54, 1.807) is 24.3 Å². The van der Waals surface area contributed by atoms with Gasteiger partial charge >= 0.3 is 5.97 Å². The Morgan fingerprint density at radius 3 is 2.54 bits per heavy atom. The average molecular weight is 343 g/mol. The third-order valence-electron chi connectivity index (χ3n) is 3.57. The Bertz CT molecular complexity index is 777. The maximum absolute atomic E-state index is 12.2. The molecular formula is C19H21NO3S. The van der Waals surface area contributed by atoms with Crippen LogP contribution in [-0.4, -0.2) is 18.0 Å². The van der Waals surface area contributed by atoms with E-state index in [0.29, 0.717) is 0 Å². The second kappa shape index (κ2) is 7.93. The number of esters is 1. The summed E-state index contributed by atoms with van der Waals surface area (Å²) in [5.41, 5.74) is 3.91. The Hall–Kier alpha value is -2.40. The van der Waals surface area contributed by atoms with Gasteiger partial charge in [0, 0.05) is 16.6 Å². The van der Waals surface area contributed by atoms with Gasteiger partial charge in [0.05, 0.1) is 0 Å². The number of anilines is 1. The van der Waals surface area contributed by atoms with Gasteiger partial charge in [-0.2, -0.15) is 0 Å². The van der Waals surface area contributed by atoms with E-state index in [9.17, 15) is 9.59 Å². The molecule has 4 nitrogen and oxygen atoms in total. The van der Waals surface area contributed by atoms with Crippen molar-refractivity contribution in [1.29, 1.82) is 0 Å². The molecule has 2 rings (SSSR count). The van der Waals surface area contributed by atoms with Crippen LogP contribution in [0.25, 0.3) is 6.08 Å². The molecule has 1 aromatic carbocycles. The van der Waals surface area contributed by atoms with Crippen LogP contribution in [0.15, 0.2) is 35.7 Å². The van der Waals surface area contributed by atoms with E-state index in [1.807, 2.05) is 50.4 Å². The maximum atomic E-state index is 12.2. The van der Waals surface area contributed by atoms with Crippen LogP contribution < -0.4 is 5.32 Å². The molecule has 0 spiro atoms. The number of nitrogens with one attached hydrogen (secondary N) is 1. The fourth-order valence-electron chi connectivity index (χ4n) is 2.15. The SMILES string of the molecule is Cc1ccc(NC(=O)[C@@H](C)OC(=O)/C=C/c2sccc2C)c(C)c1. The number of hydrogen-bond acceptors (Lipinski definition) is 4. The molecule has 24 heavy (non-hydrogen) atoms. The molecule has 126 valence electrons. The number of carbonyl (C=O) groups is 2. The lowest BCUT2D eigenvalue weighted by atomic mass is 10.1. The van der Waals surface area contributed by atoms with Crippen LogP contribution in [0.3, 0.4) is 0 Å². The molecule has 0 radical (unpaired) electrons. The molecule has 0 saturated heterocycles. The van der Waals surface area contributed by atoms with Gasteiger partial charge in [0.2, 0.25) is 0 Å². The van der Waals surface area contributed by atoms with Gasteiger partial charge in [-0.15, -0.1) is 11.3 Å². The van der Waals surface area contributed by atoms with E-state index >= 15 is 0 Å². The Morgan fingerprint density at radius 2 is 1.92 bits per heavy atom. The largest absolute Gasteiger partial charge is 0.449 e. The zero-order chi connectivity index (χ0) is 17.7. The van der Waals surface area contributed by atoms with E-state index in [0.717, 1.165) is 27.3 Å². The zero-order valence-corrected chi connectivity index (χ0v) is 15.1. The predicted molar refractivity (Wildman–Crippen MR) is 98.2 cm³/mol. The van der Waals surface area contributed by atoms with Crippen LogP contribution in [0.4, 0.5) is 5.69 Å². The Morgan fingerprint density at radius 1 is 1.17 bits per heavy atom. The third kappa shape index (κ3) is 4.80. The molecule has 1 amide bonds. The highest BCUT2D eigenvalue weighted by Gasteiger charge is 2.17. The van der Waals surface area contributed by atoms with Crippen molar-refractivity contribution >= 4 is 35.0 Å². The monoisotopic (exact) mass is 343 g/mol. The molecule has 0 aliphatic rings. The first kappa shape index (κ1) is 17.9. The molecule has 1 aromatic heterocycles. The summed E-state index contributed by atoms with van der Waals surface area (Å²) < 4.78 is 5.15. The summed E-state index contributed by atoms with van der Waals surface area (Å²) in [6, 6.07) is 7.73. The average Bonchev–Trinajstić information content (AvgIpc) is 2.93. The third-order valence-corrected chi connectivity index (χ3v) is 4.56. The fraction of sp³-hybridized carbons (Fsp3) is 0.263. The number of rotatable bonds is 5. The minimum absolute atomic E-state index is 0.351. The number of aryl methyl sites for hydroxylation is 3. The van der Waals surface area contributed by atoms with Crippen molar-refractivity contribution in [2.75, 3.05) is 5.32 Å². The molecule has 2 aromatic rings. The normalized spacial score (nSPS) is 12.2. The summed E-state index contributed by atoms with van der Waals surface area (Å²) in [5.74, 6) is -0.887. The molecule has 0 aliphatic heterocycles. The fourth-order valence-corrected chi connectivity index (χ4v) is 2.97. The van der Waals surface area contributed by atoms with Gasteiger partial charge in [0.15, 0.2) is 6.10 Å². The van der Waals surface area contributed by atoms with Crippen molar-refractivity contribution in [1.82, 2.24) is 0 Å². The van der Waals surface area contributed by atoms with Crippen LogP contribution in [0.5, 0.6) is 0 Å². The van der Waals surface area contributed by atoms with E-state index in [-0.39, 0.29) is 5.91 Å². The van der Waals surface area contributed by atoms with Gasteiger partial charge in [0.25, 0.3) is 5.91 Å². The molecule has 0 saturated carbocycles. The van der Waals surface area contributed by atoms with Crippen molar-refractivity contribution in [3.05, 3.63) is 57.3 Å². The number of benzene rings is 1.